The number of halogens is 1. The predicted molar refractivity (Wildman–Crippen MR) is 107 cm³/mol. The van der Waals surface area contributed by atoms with Crippen molar-refractivity contribution in [1.82, 2.24) is 4.90 Å². The molecule has 4 nitrogen and oxygen atoms in total. The van der Waals surface area contributed by atoms with E-state index in [1.165, 1.54) is 5.56 Å². The molecular weight excluding hydrogens is 348 g/mol. The average molecular weight is 375 g/mol. The first kappa shape index (κ1) is 20.3. The quantitative estimate of drug-likeness (QED) is 0.865. The predicted octanol–water partition coefficient (Wildman–Crippen LogP) is 3.81. The summed E-state index contributed by atoms with van der Waals surface area (Å²) >= 11 is 0. The Morgan fingerprint density at radius 1 is 1.23 bits per heavy atom. The fourth-order valence-electron chi connectivity index (χ4n) is 3.23. The highest BCUT2D eigenvalue weighted by Crippen LogP contribution is 2.30. The lowest BCUT2D eigenvalue weighted by Gasteiger charge is -2.22. The fraction of sp³-hybridized carbons (Fsp3) is 0.381. The average Bonchev–Trinajstić information content (AvgIpc) is 3.03. The molecule has 1 unspecified atom stereocenters. The lowest BCUT2D eigenvalue weighted by Crippen LogP contribution is -2.34. The summed E-state index contributed by atoms with van der Waals surface area (Å²) in [6, 6.07) is 15.7. The van der Waals surface area contributed by atoms with Crippen LogP contribution in [-0.2, 0) is 6.61 Å². The van der Waals surface area contributed by atoms with E-state index in [0.717, 1.165) is 25.1 Å². The Morgan fingerprint density at radius 3 is 2.69 bits per heavy atom. The van der Waals surface area contributed by atoms with Crippen LogP contribution in [0.4, 0.5) is 0 Å². The Balaban J connectivity index is 0.00000243. The lowest BCUT2D eigenvalue weighted by atomic mass is 9.90. The van der Waals surface area contributed by atoms with Crippen LogP contribution in [0.15, 0.2) is 48.5 Å². The van der Waals surface area contributed by atoms with Crippen LogP contribution in [0.25, 0.3) is 0 Å². The second-order valence-electron chi connectivity index (χ2n) is 7.30. The number of aryl methyl sites for hydroxylation is 1. The van der Waals surface area contributed by atoms with E-state index in [4.69, 9.17) is 10.5 Å². The minimum absolute atomic E-state index is 0. The van der Waals surface area contributed by atoms with E-state index in [-0.39, 0.29) is 23.7 Å². The van der Waals surface area contributed by atoms with Crippen LogP contribution < -0.4 is 10.5 Å². The zero-order chi connectivity index (χ0) is 17.9. The normalized spacial score (nSPS) is 19.1. The van der Waals surface area contributed by atoms with Crippen molar-refractivity contribution < 1.29 is 9.53 Å². The maximum atomic E-state index is 12.8. The number of ether oxygens (including phenoxy) is 1. The molecule has 1 aliphatic heterocycles. The van der Waals surface area contributed by atoms with Gasteiger partial charge in [-0.05, 0) is 49.1 Å². The van der Waals surface area contributed by atoms with Gasteiger partial charge >= 0.3 is 0 Å². The van der Waals surface area contributed by atoms with Crippen molar-refractivity contribution >= 4 is 18.3 Å². The Kier molecular flexibility index (Phi) is 6.68. The third kappa shape index (κ3) is 4.77. The molecule has 3 rings (SSSR count). The van der Waals surface area contributed by atoms with Crippen molar-refractivity contribution in [2.24, 2.45) is 11.1 Å². The van der Waals surface area contributed by atoms with E-state index >= 15 is 0 Å². The topological polar surface area (TPSA) is 55.6 Å². The largest absolute Gasteiger partial charge is 0.489 e. The van der Waals surface area contributed by atoms with Gasteiger partial charge in [0, 0.05) is 18.7 Å². The van der Waals surface area contributed by atoms with Crippen LogP contribution in [-0.4, -0.2) is 30.4 Å². The van der Waals surface area contributed by atoms with Gasteiger partial charge in [-0.15, -0.1) is 12.4 Å². The zero-order valence-electron chi connectivity index (χ0n) is 15.4. The molecule has 0 aromatic heterocycles. The van der Waals surface area contributed by atoms with Crippen molar-refractivity contribution in [3.05, 3.63) is 65.2 Å². The molecular formula is C21H27ClN2O2. The Bertz CT molecular complexity index is 765. The standard InChI is InChI=1S/C21H26N2O2.ClH/c1-16-5-3-6-17(11-16)13-25-19-8-4-7-18(12-19)20(24)23-10-9-21(2,14-22)15-23;/h3-8,11-12H,9-10,13-15,22H2,1-2H3;1H. The van der Waals surface area contributed by atoms with Crippen LogP contribution >= 0.6 is 12.4 Å². The molecule has 0 aliphatic carbocycles. The molecule has 2 aromatic rings. The first-order chi connectivity index (χ1) is 12.0. The van der Waals surface area contributed by atoms with E-state index in [1.54, 1.807) is 0 Å². The Morgan fingerprint density at radius 2 is 2.00 bits per heavy atom. The molecule has 0 bridgehead atoms. The second-order valence-corrected chi connectivity index (χ2v) is 7.30. The van der Waals surface area contributed by atoms with Gasteiger partial charge in [0.2, 0.25) is 0 Å². The smallest absolute Gasteiger partial charge is 0.254 e. The number of nitrogens with two attached hydrogens (primary N) is 1. The Labute approximate surface area is 161 Å². The number of amides is 1. The summed E-state index contributed by atoms with van der Waals surface area (Å²) in [7, 11) is 0. The van der Waals surface area contributed by atoms with Crippen molar-refractivity contribution in [1.29, 1.82) is 0 Å². The summed E-state index contributed by atoms with van der Waals surface area (Å²) in [5.74, 6) is 0.770. The molecule has 0 spiro atoms. The minimum atomic E-state index is 0. The van der Waals surface area contributed by atoms with Crippen molar-refractivity contribution in [2.75, 3.05) is 19.6 Å². The van der Waals surface area contributed by atoms with Gasteiger partial charge in [-0.2, -0.15) is 0 Å². The number of likely N-dealkylation sites (tertiary alicyclic amines) is 1. The molecule has 1 amide bonds. The van der Waals surface area contributed by atoms with Crippen LogP contribution in [0.2, 0.25) is 0 Å². The van der Waals surface area contributed by atoms with E-state index < -0.39 is 0 Å². The third-order valence-electron chi connectivity index (χ3n) is 4.91. The van der Waals surface area contributed by atoms with Gasteiger partial charge in [0.05, 0.1) is 0 Å². The van der Waals surface area contributed by atoms with Gasteiger partial charge in [-0.1, -0.05) is 42.8 Å². The molecule has 1 heterocycles. The maximum absolute atomic E-state index is 12.8. The highest BCUT2D eigenvalue weighted by molar-refractivity contribution is 5.94. The first-order valence-electron chi connectivity index (χ1n) is 8.77. The molecule has 1 atom stereocenters. The summed E-state index contributed by atoms with van der Waals surface area (Å²) in [5.41, 5.74) is 8.88. The highest BCUT2D eigenvalue weighted by Gasteiger charge is 2.35. The summed E-state index contributed by atoms with van der Waals surface area (Å²) in [5, 5.41) is 0. The van der Waals surface area contributed by atoms with Crippen molar-refractivity contribution in [2.45, 2.75) is 26.9 Å². The number of rotatable bonds is 5. The van der Waals surface area contributed by atoms with Crippen LogP contribution in [0.3, 0.4) is 0 Å². The number of hydrogen-bond acceptors (Lipinski definition) is 3. The van der Waals surface area contributed by atoms with E-state index in [2.05, 4.69) is 26.0 Å². The molecule has 0 saturated carbocycles. The van der Waals surface area contributed by atoms with Gasteiger partial charge in [0.15, 0.2) is 0 Å². The van der Waals surface area contributed by atoms with E-state index in [1.807, 2.05) is 41.3 Å². The first-order valence-corrected chi connectivity index (χ1v) is 8.77. The third-order valence-corrected chi connectivity index (χ3v) is 4.91. The SMILES string of the molecule is Cc1cccc(COc2cccc(C(=O)N3CCC(C)(CN)C3)c2)c1.Cl. The number of benzene rings is 2. The fourth-order valence-corrected chi connectivity index (χ4v) is 3.23. The van der Waals surface area contributed by atoms with Gasteiger partial charge < -0.3 is 15.4 Å². The molecule has 1 aliphatic rings. The second kappa shape index (κ2) is 8.56. The molecule has 140 valence electrons. The monoisotopic (exact) mass is 374 g/mol. The molecule has 2 N–H and O–H groups in total. The summed E-state index contributed by atoms with van der Waals surface area (Å²) in [6.45, 7) is 6.79. The molecule has 26 heavy (non-hydrogen) atoms. The lowest BCUT2D eigenvalue weighted by molar-refractivity contribution is 0.0776. The van der Waals surface area contributed by atoms with Crippen LogP contribution in [0.1, 0.15) is 34.8 Å². The number of carbonyl (C=O) groups is 1. The van der Waals surface area contributed by atoms with Crippen molar-refractivity contribution in [3.63, 3.8) is 0 Å². The van der Waals surface area contributed by atoms with E-state index in [0.29, 0.717) is 24.5 Å². The highest BCUT2D eigenvalue weighted by atomic mass is 35.5. The Hall–Kier alpha value is -2.04. The van der Waals surface area contributed by atoms with Crippen LogP contribution in [0, 0.1) is 12.3 Å². The molecule has 0 radical (unpaired) electrons. The summed E-state index contributed by atoms with van der Waals surface area (Å²) < 4.78 is 5.87. The zero-order valence-corrected chi connectivity index (χ0v) is 16.2. The van der Waals surface area contributed by atoms with E-state index in [9.17, 15) is 4.79 Å². The molecule has 2 aromatic carbocycles. The van der Waals surface area contributed by atoms with Gasteiger partial charge in [-0.25, -0.2) is 0 Å². The van der Waals surface area contributed by atoms with Crippen LogP contribution in [0.5, 0.6) is 5.75 Å². The van der Waals surface area contributed by atoms with Gasteiger partial charge in [-0.3, -0.25) is 4.79 Å². The van der Waals surface area contributed by atoms with Gasteiger partial charge in [0.1, 0.15) is 12.4 Å². The summed E-state index contributed by atoms with van der Waals surface area (Å²) in [4.78, 5) is 14.6. The number of nitrogens with zero attached hydrogens (tertiary/aromatic N) is 1. The molecule has 5 heteroatoms. The summed E-state index contributed by atoms with van der Waals surface area (Å²) in [6.07, 6.45) is 0.957. The number of hydrogen-bond donors (Lipinski definition) is 1. The van der Waals surface area contributed by atoms with Gasteiger partial charge in [0.25, 0.3) is 5.91 Å². The maximum Gasteiger partial charge on any atom is 0.254 e. The number of carbonyl (C=O) groups excluding carboxylic acids is 1. The molecule has 1 saturated heterocycles. The molecule has 1 fully saturated rings. The van der Waals surface area contributed by atoms with Crippen molar-refractivity contribution in [3.8, 4) is 5.75 Å². The minimum Gasteiger partial charge on any atom is -0.489 e.